The van der Waals surface area contributed by atoms with Gasteiger partial charge in [0.05, 0.1) is 6.10 Å². The standard InChI is InChI=1S/C28H44O/c1-19(2)20(3)9-10-22(5)26-15-16-27-23(8-7-17-28(26,27)6)12-13-24-18-25(29)14-11-21(24)4/h9-10,12-13,19-20,22,25-27,29H,4,7-8,11,14-18H2,1-3,5-6H3/b10-9-,23-12-,24-13-/t20-,22-,25+,26-,27+,28-/m1/s1. The molecule has 1 nitrogen and oxygen atoms in total. The first kappa shape index (κ1) is 22.6. The summed E-state index contributed by atoms with van der Waals surface area (Å²) in [6, 6.07) is 0. The zero-order chi connectivity index (χ0) is 21.2. The third-order valence-electron chi connectivity index (χ3n) is 8.63. The van der Waals surface area contributed by atoms with Crippen molar-refractivity contribution in [2.24, 2.45) is 35.0 Å². The molecule has 29 heavy (non-hydrogen) atoms. The predicted octanol–water partition coefficient (Wildman–Crippen LogP) is 7.64. The Balaban J connectivity index is 1.75. The van der Waals surface area contributed by atoms with E-state index in [0.717, 1.165) is 37.0 Å². The minimum absolute atomic E-state index is 0.182. The van der Waals surface area contributed by atoms with E-state index in [1.165, 1.54) is 43.3 Å². The highest BCUT2D eigenvalue weighted by Crippen LogP contribution is 2.59. The third kappa shape index (κ3) is 4.98. The molecule has 0 amide bonds. The van der Waals surface area contributed by atoms with E-state index in [2.05, 4.69) is 65.5 Å². The summed E-state index contributed by atoms with van der Waals surface area (Å²) in [4.78, 5) is 0. The number of fused-ring (bicyclic) bond motifs is 1. The van der Waals surface area contributed by atoms with Crippen molar-refractivity contribution in [1.29, 1.82) is 0 Å². The minimum atomic E-state index is -0.182. The molecule has 3 rings (SSSR count). The van der Waals surface area contributed by atoms with Crippen LogP contribution >= 0.6 is 0 Å². The Kier molecular flexibility index (Phi) is 7.31. The van der Waals surface area contributed by atoms with Crippen LogP contribution in [0.3, 0.4) is 0 Å². The lowest BCUT2D eigenvalue weighted by molar-refractivity contribution is 0.112. The first-order valence-corrected chi connectivity index (χ1v) is 12.2. The number of aliphatic hydroxyl groups excluding tert-OH is 1. The molecule has 3 fully saturated rings. The zero-order valence-electron chi connectivity index (χ0n) is 19.6. The number of hydrogen-bond acceptors (Lipinski definition) is 1. The summed E-state index contributed by atoms with van der Waals surface area (Å²) in [5, 5.41) is 10.0. The van der Waals surface area contributed by atoms with Gasteiger partial charge in [-0.3, -0.25) is 0 Å². The lowest BCUT2D eigenvalue weighted by Crippen LogP contribution is -2.35. The van der Waals surface area contributed by atoms with Crippen molar-refractivity contribution in [3.63, 3.8) is 0 Å². The fourth-order valence-electron chi connectivity index (χ4n) is 6.25. The van der Waals surface area contributed by atoms with Gasteiger partial charge in [-0.2, -0.15) is 0 Å². The molecule has 3 saturated carbocycles. The number of hydrogen-bond donors (Lipinski definition) is 1. The summed E-state index contributed by atoms with van der Waals surface area (Å²) in [6.07, 6.45) is 18.8. The molecule has 0 radical (unpaired) electrons. The van der Waals surface area contributed by atoms with Gasteiger partial charge in [-0.25, -0.2) is 0 Å². The van der Waals surface area contributed by atoms with E-state index in [0.29, 0.717) is 17.3 Å². The summed E-state index contributed by atoms with van der Waals surface area (Å²) in [7, 11) is 0. The average molecular weight is 397 g/mol. The van der Waals surface area contributed by atoms with Gasteiger partial charge in [0.1, 0.15) is 0 Å². The topological polar surface area (TPSA) is 20.2 Å². The second kappa shape index (κ2) is 9.38. The van der Waals surface area contributed by atoms with Crippen molar-refractivity contribution in [3.05, 3.63) is 47.6 Å². The lowest BCUT2D eigenvalue weighted by atomic mass is 9.61. The fourth-order valence-corrected chi connectivity index (χ4v) is 6.25. The van der Waals surface area contributed by atoms with Crippen LogP contribution in [0.2, 0.25) is 0 Å². The Hall–Kier alpha value is -1.08. The predicted molar refractivity (Wildman–Crippen MR) is 126 cm³/mol. The molecule has 0 aliphatic heterocycles. The van der Waals surface area contributed by atoms with E-state index in [1.54, 1.807) is 5.57 Å². The van der Waals surface area contributed by atoms with Crippen molar-refractivity contribution in [1.82, 2.24) is 0 Å². The summed E-state index contributed by atoms with van der Waals surface area (Å²) in [5.74, 6) is 3.58. The molecule has 162 valence electrons. The lowest BCUT2D eigenvalue weighted by Gasteiger charge is -2.44. The van der Waals surface area contributed by atoms with Crippen LogP contribution in [0.1, 0.15) is 86.0 Å². The number of allylic oxidation sites excluding steroid dienone is 6. The number of rotatable bonds is 5. The average Bonchev–Trinajstić information content (AvgIpc) is 3.04. The van der Waals surface area contributed by atoms with Gasteiger partial charge < -0.3 is 5.11 Å². The van der Waals surface area contributed by atoms with Crippen molar-refractivity contribution in [3.8, 4) is 0 Å². The molecule has 0 aromatic heterocycles. The maximum Gasteiger partial charge on any atom is 0.0583 e. The molecule has 1 N–H and O–H groups in total. The van der Waals surface area contributed by atoms with Gasteiger partial charge in [-0.05, 0) is 91.9 Å². The van der Waals surface area contributed by atoms with E-state index in [1.807, 2.05) is 0 Å². The molecule has 0 aromatic carbocycles. The second-order valence-corrected chi connectivity index (χ2v) is 10.9. The number of aliphatic hydroxyl groups is 1. The van der Waals surface area contributed by atoms with Crippen molar-refractivity contribution < 1.29 is 5.11 Å². The normalized spacial score (nSPS) is 38.2. The molecule has 0 saturated heterocycles. The van der Waals surface area contributed by atoms with Crippen LogP contribution in [0.25, 0.3) is 0 Å². The van der Waals surface area contributed by atoms with Gasteiger partial charge in [-0.1, -0.05) is 76.6 Å². The highest BCUT2D eigenvalue weighted by molar-refractivity contribution is 5.36. The van der Waals surface area contributed by atoms with E-state index >= 15 is 0 Å². The summed E-state index contributed by atoms with van der Waals surface area (Å²) < 4.78 is 0. The van der Waals surface area contributed by atoms with Crippen LogP contribution in [0.15, 0.2) is 47.6 Å². The highest BCUT2D eigenvalue weighted by atomic mass is 16.3. The van der Waals surface area contributed by atoms with E-state index in [4.69, 9.17) is 0 Å². The summed E-state index contributed by atoms with van der Waals surface area (Å²) >= 11 is 0. The molecular weight excluding hydrogens is 352 g/mol. The fraction of sp³-hybridized carbons (Fsp3) is 0.714. The Morgan fingerprint density at radius 2 is 1.79 bits per heavy atom. The molecule has 0 bridgehead atoms. The van der Waals surface area contributed by atoms with Crippen molar-refractivity contribution >= 4 is 0 Å². The van der Waals surface area contributed by atoms with Gasteiger partial charge in [0, 0.05) is 0 Å². The van der Waals surface area contributed by atoms with Crippen molar-refractivity contribution in [2.45, 2.75) is 92.1 Å². The van der Waals surface area contributed by atoms with Gasteiger partial charge in [0.25, 0.3) is 0 Å². The van der Waals surface area contributed by atoms with E-state index in [9.17, 15) is 5.11 Å². The van der Waals surface area contributed by atoms with Crippen LogP contribution in [-0.2, 0) is 0 Å². The van der Waals surface area contributed by atoms with E-state index < -0.39 is 0 Å². The first-order chi connectivity index (χ1) is 13.7. The third-order valence-corrected chi connectivity index (χ3v) is 8.63. The van der Waals surface area contributed by atoms with Crippen LogP contribution in [-0.4, -0.2) is 11.2 Å². The maximum absolute atomic E-state index is 10.0. The molecule has 0 heterocycles. The van der Waals surface area contributed by atoms with E-state index in [-0.39, 0.29) is 6.10 Å². The van der Waals surface area contributed by atoms with Gasteiger partial charge in [0.2, 0.25) is 0 Å². The molecular formula is C28H44O. The summed E-state index contributed by atoms with van der Waals surface area (Å²) in [5.41, 5.74) is 4.61. The van der Waals surface area contributed by atoms with Crippen LogP contribution in [0.5, 0.6) is 0 Å². The molecule has 3 aliphatic rings. The molecule has 1 heteroatoms. The quantitative estimate of drug-likeness (QED) is 0.473. The molecule has 0 unspecified atom stereocenters. The SMILES string of the molecule is C=C1CC[C@H](O)C/C1=C/C=C1/CCC[C@]2(C)[C@@H]([C@H](C)/C=C\[C@@H](C)C(C)C)CC[C@@H]12. The smallest absolute Gasteiger partial charge is 0.0583 e. The van der Waals surface area contributed by atoms with Crippen LogP contribution < -0.4 is 0 Å². The zero-order valence-corrected chi connectivity index (χ0v) is 19.6. The van der Waals surface area contributed by atoms with Crippen molar-refractivity contribution in [2.75, 3.05) is 0 Å². The summed E-state index contributed by atoms with van der Waals surface area (Å²) in [6.45, 7) is 16.3. The Morgan fingerprint density at radius 3 is 2.52 bits per heavy atom. The minimum Gasteiger partial charge on any atom is -0.393 e. The van der Waals surface area contributed by atoms with Gasteiger partial charge >= 0.3 is 0 Å². The molecule has 3 aliphatic carbocycles. The Morgan fingerprint density at radius 1 is 1.03 bits per heavy atom. The monoisotopic (exact) mass is 396 g/mol. The molecule has 6 atom stereocenters. The maximum atomic E-state index is 10.0. The molecule has 0 spiro atoms. The van der Waals surface area contributed by atoms with Gasteiger partial charge in [0.15, 0.2) is 0 Å². The highest BCUT2D eigenvalue weighted by Gasteiger charge is 2.50. The Bertz CT molecular complexity index is 678. The van der Waals surface area contributed by atoms with Crippen LogP contribution in [0, 0.1) is 35.0 Å². The second-order valence-electron chi connectivity index (χ2n) is 10.9. The molecule has 0 aromatic rings. The first-order valence-electron chi connectivity index (χ1n) is 12.2. The van der Waals surface area contributed by atoms with Crippen LogP contribution in [0.4, 0.5) is 0 Å². The van der Waals surface area contributed by atoms with Gasteiger partial charge in [-0.15, -0.1) is 0 Å². The largest absolute Gasteiger partial charge is 0.393 e. The Labute approximate surface area is 180 Å².